The van der Waals surface area contributed by atoms with Crippen LogP contribution in [0.2, 0.25) is 0 Å². The molecule has 1 N–H and O–H groups in total. The van der Waals surface area contributed by atoms with Gasteiger partial charge in [0.2, 0.25) is 0 Å². The van der Waals surface area contributed by atoms with Crippen molar-refractivity contribution in [2.24, 2.45) is 0 Å². The van der Waals surface area contributed by atoms with Crippen LogP contribution in [0.1, 0.15) is 33.6 Å². The smallest absolute Gasteiger partial charge is 0.0770 e. The number of nitrogens with one attached hydrogen (secondary N) is 1. The summed E-state index contributed by atoms with van der Waals surface area (Å²) in [5.74, 6) is 0. The maximum absolute atomic E-state index is 2.26. The normalized spacial score (nSPS) is 10.7. The third-order valence-electron chi connectivity index (χ3n) is 1.88. The van der Waals surface area contributed by atoms with E-state index >= 15 is 0 Å². The average molecular weight is 130 g/mol. The van der Waals surface area contributed by atoms with Crippen LogP contribution in [0.3, 0.4) is 0 Å². The lowest BCUT2D eigenvalue weighted by Gasteiger charge is -2.13. The number of rotatable bonds is 5. The van der Waals surface area contributed by atoms with Crippen LogP contribution < -0.4 is 4.90 Å². The number of hydrogen-bond donors (Lipinski definition) is 1. The van der Waals surface area contributed by atoms with Crippen LogP contribution in [-0.2, 0) is 0 Å². The van der Waals surface area contributed by atoms with Crippen molar-refractivity contribution in [3.8, 4) is 0 Å². The third-order valence-corrected chi connectivity index (χ3v) is 1.88. The van der Waals surface area contributed by atoms with Crippen molar-refractivity contribution in [1.29, 1.82) is 0 Å². The topological polar surface area (TPSA) is 4.44 Å². The molecule has 0 aromatic heterocycles. The van der Waals surface area contributed by atoms with E-state index in [1.54, 1.807) is 4.90 Å². The van der Waals surface area contributed by atoms with Crippen LogP contribution in [0.25, 0.3) is 0 Å². The maximum Gasteiger partial charge on any atom is 0.0770 e. The van der Waals surface area contributed by atoms with Crippen LogP contribution in [0.15, 0.2) is 0 Å². The first-order valence-electron chi connectivity index (χ1n) is 4.18. The van der Waals surface area contributed by atoms with Gasteiger partial charge in [0, 0.05) is 0 Å². The van der Waals surface area contributed by atoms with E-state index in [0.29, 0.717) is 0 Å². The van der Waals surface area contributed by atoms with Crippen molar-refractivity contribution in [3.05, 3.63) is 0 Å². The Morgan fingerprint density at radius 3 is 1.89 bits per heavy atom. The molecule has 0 saturated heterocycles. The SMILES string of the molecule is CCCC[NH+](CC)CC. The summed E-state index contributed by atoms with van der Waals surface area (Å²) in [6, 6.07) is 0. The molecule has 56 valence electrons. The van der Waals surface area contributed by atoms with E-state index in [1.165, 1.54) is 32.5 Å². The van der Waals surface area contributed by atoms with Gasteiger partial charge in [0.25, 0.3) is 0 Å². The van der Waals surface area contributed by atoms with E-state index < -0.39 is 0 Å². The first-order valence-corrected chi connectivity index (χ1v) is 4.18. The predicted molar refractivity (Wildman–Crippen MR) is 41.8 cm³/mol. The second-order valence-corrected chi connectivity index (χ2v) is 2.56. The largest absolute Gasteiger partial charge is 0.335 e. The molecule has 0 unspecified atom stereocenters. The molecular formula is C8H20N+. The molecule has 0 aliphatic heterocycles. The van der Waals surface area contributed by atoms with Crippen LogP contribution >= 0.6 is 0 Å². The zero-order chi connectivity index (χ0) is 7.11. The average Bonchev–Trinajstić information content (AvgIpc) is 1.91. The molecule has 0 rings (SSSR count). The molecule has 0 bridgehead atoms. The fourth-order valence-corrected chi connectivity index (χ4v) is 1.03. The minimum Gasteiger partial charge on any atom is -0.335 e. The first-order chi connectivity index (χ1) is 4.35. The Kier molecular flexibility index (Phi) is 6.06. The standard InChI is InChI=1S/C8H19N/c1-4-7-8-9(5-2)6-3/h4-8H2,1-3H3/p+1. The van der Waals surface area contributed by atoms with Gasteiger partial charge in [-0.2, -0.15) is 0 Å². The molecular weight excluding hydrogens is 110 g/mol. The molecule has 9 heavy (non-hydrogen) atoms. The van der Waals surface area contributed by atoms with Crippen LogP contribution in [0.4, 0.5) is 0 Å². The van der Waals surface area contributed by atoms with Gasteiger partial charge in [-0.15, -0.1) is 0 Å². The van der Waals surface area contributed by atoms with Crippen molar-refractivity contribution in [1.82, 2.24) is 0 Å². The lowest BCUT2D eigenvalue weighted by Crippen LogP contribution is -3.11. The number of unbranched alkanes of at least 4 members (excludes halogenated alkanes) is 1. The minimum absolute atomic E-state index is 1.29. The van der Waals surface area contributed by atoms with Crippen LogP contribution in [-0.4, -0.2) is 19.6 Å². The van der Waals surface area contributed by atoms with Gasteiger partial charge >= 0.3 is 0 Å². The van der Waals surface area contributed by atoms with Gasteiger partial charge in [-0.1, -0.05) is 13.3 Å². The molecule has 0 spiro atoms. The van der Waals surface area contributed by atoms with Crippen LogP contribution in [0.5, 0.6) is 0 Å². The zero-order valence-electron chi connectivity index (χ0n) is 7.04. The van der Waals surface area contributed by atoms with E-state index in [2.05, 4.69) is 20.8 Å². The van der Waals surface area contributed by atoms with Gasteiger partial charge in [0.15, 0.2) is 0 Å². The Labute approximate surface area is 59.1 Å². The summed E-state index contributed by atoms with van der Waals surface area (Å²) < 4.78 is 0. The van der Waals surface area contributed by atoms with E-state index in [1.807, 2.05) is 0 Å². The highest BCUT2D eigenvalue weighted by Crippen LogP contribution is 1.78. The highest BCUT2D eigenvalue weighted by atomic mass is 15.1. The van der Waals surface area contributed by atoms with Crippen molar-refractivity contribution in [3.63, 3.8) is 0 Å². The fraction of sp³-hybridized carbons (Fsp3) is 1.00. The molecule has 0 fully saturated rings. The summed E-state index contributed by atoms with van der Waals surface area (Å²) in [6.45, 7) is 10.7. The Bertz CT molecular complexity index is 48.5. The van der Waals surface area contributed by atoms with E-state index in [0.717, 1.165) is 0 Å². The molecule has 0 radical (unpaired) electrons. The highest BCUT2D eigenvalue weighted by molar-refractivity contribution is 4.28. The molecule has 1 nitrogen and oxygen atoms in total. The van der Waals surface area contributed by atoms with Crippen molar-refractivity contribution >= 4 is 0 Å². The fourth-order valence-electron chi connectivity index (χ4n) is 1.03. The molecule has 0 heterocycles. The van der Waals surface area contributed by atoms with E-state index in [-0.39, 0.29) is 0 Å². The second kappa shape index (κ2) is 6.09. The molecule has 0 aromatic rings. The summed E-state index contributed by atoms with van der Waals surface area (Å²) in [7, 11) is 0. The molecule has 0 atom stereocenters. The van der Waals surface area contributed by atoms with Gasteiger partial charge < -0.3 is 4.90 Å². The molecule has 0 aliphatic rings. The summed E-state index contributed by atoms with van der Waals surface area (Å²) >= 11 is 0. The van der Waals surface area contributed by atoms with Crippen LogP contribution in [0, 0.1) is 0 Å². The zero-order valence-corrected chi connectivity index (χ0v) is 7.04. The lowest BCUT2D eigenvalue weighted by atomic mass is 10.3. The molecule has 0 saturated carbocycles. The molecule has 0 aliphatic carbocycles. The summed E-state index contributed by atoms with van der Waals surface area (Å²) in [6.07, 6.45) is 2.72. The van der Waals surface area contributed by atoms with Gasteiger partial charge in [-0.25, -0.2) is 0 Å². The Balaban J connectivity index is 3.09. The van der Waals surface area contributed by atoms with E-state index in [9.17, 15) is 0 Å². The third kappa shape index (κ3) is 4.46. The highest BCUT2D eigenvalue weighted by Gasteiger charge is 1.98. The van der Waals surface area contributed by atoms with Crippen molar-refractivity contribution in [2.75, 3.05) is 19.6 Å². The Hall–Kier alpha value is -0.0400. The Morgan fingerprint density at radius 2 is 1.56 bits per heavy atom. The molecule has 0 amide bonds. The molecule has 0 aromatic carbocycles. The van der Waals surface area contributed by atoms with Gasteiger partial charge in [0.1, 0.15) is 0 Å². The summed E-state index contributed by atoms with van der Waals surface area (Å²) in [5, 5.41) is 0. The second-order valence-electron chi connectivity index (χ2n) is 2.56. The lowest BCUT2D eigenvalue weighted by molar-refractivity contribution is -0.896. The van der Waals surface area contributed by atoms with Gasteiger partial charge in [-0.3, -0.25) is 0 Å². The summed E-state index contributed by atoms with van der Waals surface area (Å²) in [4.78, 5) is 1.73. The van der Waals surface area contributed by atoms with Gasteiger partial charge in [-0.05, 0) is 20.3 Å². The molecule has 1 heteroatoms. The quantitative estimate of drug-likeness (QED) is 0.559. The Morgan fingerprint density at radius 1 is 1.00 bits per heavy atom. The van der Waals surface area contributed by atoms with Crippen molar-refractivity contribution in [2.45, 2.75) is 33.6 Å². The first kappa shape index (κ1) is 8.96. The number of hydrogen-bond acceptors (Lipinski definition) is 0. The summed E-state index contributed by atoms with van der Waals surface area (Å²) in [5.41, 5.74) is 0. The minimum atomic E-state index is 1.29. The van der Waals surface area contributed by atoms with E-state index in [4.69, 9.17) is 0 Å². The van der Waals surface area contributed by atoms with Gasteiger partial charge in [0.05, 0.1) is 19.6 Å². The maximum atomic E-state index is 2.26. The number of quaternary nitrogens is 1. The predicted octanol–water partition coefficient (Wildman–Crippen LogP) is 0.711. The van der Waals surface area contributed by atoms with Crippen molar-refractivity contribution < 1.29 is 4.90 Å². The monoisotopic (exact) mass is 130 g/mol.